The maximum atomic E-state index is 13.0. The van der Waals surface area contributed by atoms with Crippen LogP contribution in [-0.4, -0.2) is 40.3 Å². The molecule has 2 spiro atoms. The van der Waals surface area contributed by atoms with Crippen LogP contribution in [0, 0.1) is 16.7 Å². The molecule has 0 amide bonds. The number of ketones is 1. The minimum absolute atomic E-state index is 0.0350. The molecule has 0 bridgehead atoms. The quantitative estimate of drug-likeness (QED) is 0.680. The SMILES string of the molecule is CC1(C)CCC[C@@]2(C)[C@H]1CC(=O)[C@](C)(O)[C@]21CC[C@@]2(COC(=O)C2)O1. The zero-order valence-electron chi connectivity index (χ0n) is 15.8. The summed E-state index contributed by atoms with van der Waals surface area (Å²) in [7, 11) is 0. The molecule has 4 rings (SSSR count). The predicted octanol–water partition coefficient (Wildman–Crippen LogP) is 2.78. The van der Waals surface area contributed by atoms with E-state index in [9.17, 15) is 14.7 Å². The summed E-state index contributed by atoms with van der Waals surface area (Å²) in [5.74, 6) is -0.189. The van der Waals surface area contributed by atoms with Crippen molar-refractivity contribution in [2.45, 2.75) is 89.4 Å². The molecule has 5 nitrogen and oxygen atoms in total. The normalized spacial score (nSPS) is 51.8. The standard InChI is InChI=1S/C20H30O5/c1-16(2)6-5-7-17(3)13(16)10-14(21)18(4,23)20(17)9-8-19(25-20)11-15(22)24-12-19/h13,23H,5-12H2,1-4H3/t13-,17-,18-,19+,20-/m0/s1. The number of carbonyl (C=O) groups excluding carboxylic acids is 2. The zero-order chi connectivity index (χ0) is 18.3. The highest BCUT2D eigenvalue weighted by Crippen LogP contribution is 2.68. The molecule has 0 aromatic carbocycles. The topological polar surface area (TPSA) is 72.8 Å². The smallest absolute Gasteiger partial charge is 0.308 e. The molecule has 0 aromatic rings. The number of ether oxygens (including phenoxy) is 2. The van der Waals surface area contributed by atoms with Crippen LogP contribution >= 0.6 is 0 Å². The summed E-state index contributed by atoms with van der Waals surface area (Å²) in [4.78, 5) is 24.7. The lowest BCUT2D eigenvalue weighted by atomic mass is 9.43. The van der Waals surface area contributed by atoms with Gasteiger partial charge in [0.2, 0.25) is 0 Å². The molecule has 2 saturated carbocycles. The maximum Gasteiger partial charge on any atom is 0.308 e. The highest BCUT2D eigenvalue weighted by Gasteiger charge is 2.74. The lowest BCUT2D eigenvalue weighted by molar-refractivity contribution is -0.282. The van der Waals surface area contributed by atoms with Crippen molar-refractivity contribution >= 4 is 11.8 Å². The van der Waals surface area contributed by atoms with Gasteiger partial charge >= 0.3 is 5.97 Å². The molecule has 5 heteroatoms. The Labute approximate surface area is 149 Å². The van der Waals surface area contributed by atoms with Gasteiger partial charge in [0.1, 0.15) is 23.4 Å². The summed E-state index contributed by atoms with van der Waals surface area (Å²) in [5, 5.41) is 11.4. The molecule has 0 aromatic heterocycles. The molecule has 5 atom stereocenters. The predicted molar refractivity (Wildman–Crippen MR) is 90.8 cm³/mol. The van der Waals surface area contributed by atoms with E-state index in [0.717, 1.165) is 19.3 Å². The van der Waals surface area contributed by atoms with E-state index in [1.807, 2.05) is 0 Å². The van der Waals surface area contributed by atoms with Crippen molar-refractivity contribution in [2.75, 3.05) is 6.61 Å². The van der Waals surface area contributed by atoms with Crippen molar-refractivity contribution < 1.29 is 24.2 Å². The third-order valence-electron chi connectivity index (χ3n) is 8.16. The maximum absolute atomic E-state index is 13.0. The Morgan fingerprint density at radius 3 is 2.40 bits per heavy atom. The summed E-state index contributed by atoms with van der Waals surface area (Å²) in [6.45, 7) is 8.55. The van der Waals surface area contributed by atoms with Crippen molar-refractivity contribution in [1.29, 1.82) is 0 Å². The molecule has 2 heterocycles. The van der Waals surface area contributed by atoms with Gasteiger partial charge in [0.05, 0.1) is 6.42 Å². The first-order valence-corrected chi connectivity index (χ1v) is 9.60. The van der Waals surface area contributed by atoms with Crippen LogP contribution in [-0.2, 0) is 19.1 Å². The molecule has 2 saturated heterocycles. The van der Waals surface area contributed by atoms with Gasteiger partial charge in [0.15, 0.2) is 5.78 Å². The molecule has 140 valence electrons. The Morgan fingerprint density at radius 2 is 1.76 bits per heavy atom. The molecule has 25 heavy (non-hydrogen) atoms. The van der Waals surface area contributed by atoms with Gasteiger partial charge in [0, 0.05) is 11.8 Å². The summed E-state index contributed by atoms with van der Waals surface area (Å²) in [6, 6.07) is 0. The molecule has 4 fully saturated rings. The Balaban J connectivity index is 1.83. The number of carbonyl (C=O) groups is 2. The Kier molecular flexibility index (Phi) is 3.40. The summed E-state index contributed by atoms with van der Waals surface area (Å²) < 4.78 is 11.8. The summed E-state index contributed by atoms with van der Waals surface area (Å²) >= 11 is 0. The lowest BCUT2D eigenvalue weighted by Gasteiger charge is -2.65. The van der Waals surface area contributed by atoms with Crippen molar-refractivity contribution in [1.82, 2.24) is 0 Å². The number of esters is 1. The van der Waals surface area contributed by atoms with Gasteiger partial charge in [-0.3, -0.25) is 9.59 Å². The Hall–Kier alpha value is -0.940. The van der Waals surface area contributed by atoms with E-state index in [-0.39, 0.29) is 41.5 Å². The second-order valence-corrected chi connectivity index (χ2v) is 9.96. The van der Waals surface area contributed by atoms with Gasteiger partial charge in [-0.25, -0.2) is 0 Å². The van der Waals surface area contributed by atoms with Gasteiger partial charge < -0.3 is 14.6 Å². The Morgan fingerprint density at radius 1 is 1.04 bits per heavy atom. The number of Topliss-reactive ketones (excluding diaryl/α,β-unsaturated/α-hetero) is 1. The molecular weight excluding hydrogens is 320 g/mol. The van der Waals surface area contributed by atoms with Crippen LogP contribution in [0.4, 0.5) is 0 Å². The molecule has 0 radical (unpaired) electrons. The van der Waals surface area contributed by atoms with E-state index >= 15 is 0 Å². The average molecular weight is 350 g/mol. The van der Waals surface area contributed by atoms with E-state index in [1.165, 1.54) is 0 Å². The monoisotopic (exact) mass is 350 g/mol. The van der Waals surface area contributed by atoms with Crippen LogP contribution in [0.2, 0.25) is 0 Å². The minimum atomic E-state index is -1.53. The van der Waals surface area contributed by atoms with E-state index < -0.39 is 16.8 Å². The van der Waals surface area contributed by atoms with Crippen LogP contribution in [0.3, 0.4) is 0 Å². The fourth-order valence-electron chi connectivity index (χ4n) is 6.70. The van der Waals surface area contributed by atoms with E-state index in [0.29, 0.717) is 19.3 Å². The second kappa shape index (κ2) is 4.86. The van der Waals surface area contributed by atoms with Crippen LogP contribution in [0.25, 0.3) is 0 Å². The Bertz CT molecular complexity index is 638. The first kappa shape index (κ1) is 17.5. The van der Waals surface area contributed by atoms with E-state index in [2.05, 4.69) is 20.8 Å². The van der Waals surface area contributed by atoms with Crippen LogP contribution < -0.4 is 0 Å². The van der Waals surface area contributed by atoms with Gasteiger partial charge in [-0.05, 0) is 43.9 Å². The van der Waals surface area contributed by atoms with E-state index in [4.69, 9.17) is 9.47 Å². The van der Waals surface area contributed by atoms with Gasteiger partial charge in [-0.1, -0.05) is 27.2 Å². The highest BCUT2D eigenvalue weighted by atomic mass is 16.6. The van der Waals surface area contributed by atoms with Crippen molar-refractivity contribution in [3.05, 3.63) is 0 Å². The molecule has 1 N–H and O–H groups in total. The van der Waals surface area contributed by atoms with Crippen LogP contribution in [0.15, 0.2) is 0 Å². The van der Waals surface area contributed by atoms with Crippen LogP contribution in [0.5, 0.6) is 0 Å². The number of hydrogen-bond donors (Lipinski definition) is 1. The molecular formula is C20H30O5. The van der Waals surface area contributed by atoms with E-state index in [1.54, 1.807) is 6.92 Å². The average Bonchev–Trinajstić information content (AvgIpc) is 3.06. The number of cyclic esters (lactones) is 1. The number of rotatable bonds is 0. The third kappa shape index (κ3) is 2.03. The summed E-state index contributed by atoms with van der Waals surface area (Å²) in [5.41, 5.74) is -3.39. The zero-order valence-corrected chi connectivity index (χ0v) is 15.8. The van der Waals surface area contributed by atoms with Crippen LogP contribution in [0.1, 0.15) is 72.6 Å². The summed E-state index contributed by atoms with van der Waals surface area (Å²) in [6.07, 6.45) is 4.99. The fraction of sp³-hybridized carbons (Fsp3) is 0.900. The molecule has 4 aliphatic rings. The first-order valence-electron chi connectivity index (χ1n) is 9.60. The molecule has 2 aliphatic carbocycles. The van der Waals surface area contributed by atoms with Crippen molar-refractivity contribution in [3.8, 4) is 0 Å². The minimum Gasteiger partial charge on any atom is -0.463 e. The van der Waals surface area contributed by atoms with Gasteiger partial charge in [-0.15, -0.1) is 0 Å². The van der Waals surface area contributed by atoms with Crippen molar-refractivity contribution in [2.24, 2.45) is 16.7 Å². The van der Waals surface area contributed by atoms with Gasteiger partial charge in [0.25, 0.3) is 0 Å². The lowest BCUT2D eigenvalue weighted by Crippen LogP contribution is -2.73. The highest BCUT2D eigenvalue weighted by molar-refractivity contribution is 5.90. The molecule has 2 aliphatic heterocycles. The van der Waals surface area contributed by atoms with Gasteiger partial charge in [-0.2, -0.15) is 0 Å². The molecule has 0 unspecified atom stereocenters. The second-order valence-electron chi connectivity index (χ2n) is 9.96. The number of hydrogen-bond acceptors (Lipinski definition) is 5. The number of fused-ring (bicyclic) bond motifs is 2. The first-order chi connectivity index (χ1) is 11.5. The van der Waals surface area contributed by atoms with Crippen molar-refractivity contribution in [3.63, 3.8) is 0 Å². The third-order valence-corrected chi connectivity index (χ3v) is 8.16. The fourth-order valence-corrected chi connectivity index (χ4v) is 6.70. The largest absolute Gasteiger partial charge is 0.463 e. The number of aliphatic hydroxyl groups is 1.